The second-order valence-corrected chi connectivity index (χ2v) is 4.23. The van der Waals surface area contributed by atoms with E-state index in [2.05, 4.69) is 10.1 Å². The van der Waals surface area contributed by atoms with Gasteiger partial charge in [-0.1, -0.05) is 0 Å². The van der Waals surface area contributed by atoms with Gasteiger partial charge in [-0.25, -0.2) is 0 Å². The Kier molecular flexibility index (Phi) is 3.50. The van der Waals surface area contributed by atoms with Crippen LogP contribution in [0.5, 0.6) is 0 Å². The van der Waals surface area contributed by atoms with Crippen molar-refractivity contribution < 1.29 is 14.3 Å². The SMILES string of the molecule is COC(=O)CNc1ccc2c(c1)CCC(=O)N2C. The van der Waals surface area contributed by atoms with E-state index in [1.165, 1.54) is 7.11 Å². The normalized spacial score (nSPS) is 14.1. The first-order chi connectivity index (χ1) is 8.61. The van der Waals surface area contributed by atoms with E-state index in [9.17, 15) is 9.59 Å². The van der Waals surface area contributed by atoms with Gasteiger partial charge in [-0.15, -0.1) is 0 Å². The van der Waals surface area contributed by atoms with E-state index < -0.39 is 0 Å². The maximum Gasteiger partial charge on any atom is 0.325 e. The summed E-state index contributed by atoms with van der Waals surface area (Å²) in [5, 5.41) is 2.99. The van der Waals surface area contributed by atoms with Gasteiger partial charge in [0, 0.05) is 24.8 Å². The van der Waals surface area contributed by atoms with Crippen LogP contribution in [0, 0.1) is 0 Å². The Bertz CT molecular complexity index is 485. The maximum atomic E-state index is 11.5. The molecule has 0 aliphatic carbocycles. The summed E-state index contributed by atoms with van der Waals surface area (Å²) in [6, 6.07) is 5.73. The summed E-state index contributed by atoms with van der Waals surface area (Å²) < 4.78 is 4.56. The maximum absolute atomic E-state index is 11.5. The molecule has 0 saturated carbocycles. The Balaban J connectivity index is 2.13. The number of nitrogens with one attached hydrogen (secondary N) is 1. The highest BCUT2D eigenvalue weighted by atomic mass is 16.5. The van der Waals surface area contributed by atoms with Crippen LogP contribution >= 0.6 is 0 Å². The topological polar surface area (TPSA) is 58.6 Å². The third-order valence-corrected chi connectivity index (χ3v) is 3.09. The number of carbonyl (C=O) groups excluding carboxylic acids is 2. The first-order valence-corrected chi connectivity index (χ1v) is 5.82. The van der Waals surface area contributed by atoms with Crippen molar-refractivity contribution in [1.82, 2.24) is 0 Å². The molecule has 2 rings (SSSR count). The summed E-state index contributed by atoms with van der Waals surface area (Å²) >= 11 is 0. The smallest absolute Gasteiger partial charge is 0.325 e. The van der Waals surface area contributed by atoms with Crippen molar-refractivity contribution in [3.63, 3.8) is 0 Å². The van der Waals surface area contributed by atoms with Crippen LogP contribution < -0.4 is 10.2 Å². The highest BCUT2D eigenvalue weighted by Crippen LogP contribution is 2.29. The zero-order valence-corrected chi connectivity index (χ0v) is 10.5. The zero-order chi connectivity index (χ0) is 13.1. The van der Waals surface area contributed by atoms with E-state index in [-0.39, 0.29) is 18.4 Å². The molecule has 0 bridgehead atoms. The number of anilines is 2. The predicted molar refractivity (Wildman–Crippen MR) is 68.7 cm³/mol. The number of nitrogens with zero attached hydrogens (tertiary/aromatic N) is 1. The van der Waals surface area contributed by atoms with Crippen molar-refractivity contribution >= 4 is 23.3 Å². The van der Waals surface area contributed by atoms with E-state index >= 15 is 0 Å². The molecule has 0 fully saturated rings. The minimum atomic E-state index is -0.306. The highest BCUT2D eigenvalue weighted by Gasteiger charge is 2.20. The molecule has 0 atom stereocenters. The molecule has 1 N–H and O–H groups in total. The molecule has 1 aliphatic heterocycles. The van der Waals surface area contributed by atoms with Gasteiger partial charge in [-0.05, 0) is 30.2 Å². The van der Waals surface area contributed by atoms with Gasteiger partial charge in [0.05, 0.1) is 7.11 Å². The van der Waals surface area contributed by atoms with Crippen molar-refractivity contribution in [1.29, 1.82) is 0 Å². The summed E-state index contributed by atoms with van der Waals surface area (Å²) in [6.07, 6.45) is 1.27. The number of rotatable bonds is 3. The fourth-order valence-electron chi connectivity index (χ4n) is 2.01. The van der Waals surface area contributed by atoms with Crippen LogP contribution in [0.15, 0.2) is 18.2 Å². The molecule has 0 saturated heterocycles. The second kappa shape index (κ2) is 5.08. The number of aryl methyl sites for hydroxylation is 1. The van der Waals surface area contributed by atoms with E-state index in [0.29, 0.717) is 6.42 Å². The third-order valence-electron chi connectivity index (χ3n) is 3.09. The van der Waals surface area contributed by atoms with Crippen LogP contribution in [0.25, 0.3) is 0 Å². The quantitative estimate of drug-likeness (QED) is 0.816. The molecule has 5 heteroatoms. The van der Waals surface area contributed by atoms with Crippen molar-refractivity contribution in [3.8, 4) is 0 Å². The fourth-order valence-corrected chi connectivity index (χ4v) is 2.01. The molecule has 96 valence electrons. The van der Waals surface area contributed by atoms with Gasteiger partial charge in [-0.2, -0.15) is 0 Å². The van der Waals surface area contributed by atoms with Crippen LogP contribution in [-0.4, -0.2) is 32.6 Å². The molecule has 1 aliphatic rings. The van der Waals surface area contributed by atoms with Crippen LogP contribution in [0.3, 0.4) is 0 Å². The molecule has 1 amide bonds. The van der Waals surface area contributed by atoms with Gasteiger partial charge >= 0.3 is 5.97 Å². The molecule has 1 aromatic rings. The molecule has 0 radical (unpaired) electrons. The van der Waals surface area contributed by atoms with Gasteiger partial charge in [0.1, 0.15) is 6.54 Å². The molecule has 1 heterocycles. The Morgan fingerprint density at radius 3 is 2.94 bits per heavy atom. The lowest BCUT2D eigenvalue weighted by Crippen LogP contribution is -2.31. The van der Waals surface area contributed by atoms with Crippen molar-refractivity contribution in [3.05, 3.63) is 23.8 Å². The molecule has 1 aromatic carbocycles. The third kappa shape index (κ3) is 2.45. The summed E-state index contributed by atoms with van der Waals surface area (Å²) in [5.74, 6) is -0.169. The molecule has 0 aromatic heterocycles. The standard InChI is InChI=1S/C13H16N2O3/c1-15-11-5-4-10(14-8-13(17)18-2)7-9(11)3-6-12(15)16/h4-5,7,14H,3,6,8H2,1-2H3. The lowest BCUT2D eigenvalue weighted by atomic mass is 10.0. The molecule has 0 unspecified atom stereocenters. The van der Waals surface area contributed by atoms with Gasteiger partial charge < -0.3 is 15.0 Å². The highest BCUT2D eigenvalue weighted by molar-refractivity contribution is 5.96. The number of ether oxygens (including phenoxy) is 1. The van der Waals surface area contributed by atoms with Crippen LogP contribution in [0.4, 0.5) is 11.4 Å². The monoisotopic (exact) mass is 248 g/mol. The van der Waals surface area contributed by atoms with E-state index in [1.54, 1.807) is 11.9 Å². The summed E-state index contributed by atoms with van der Waals surface area (Å²) in [7, 11) is 3.14. The molecule has 0 spiro atoms. The average Bonchev–Trinajstić information content (AvgIpc) is 2.40. The number of esters is 1. The van der Waals surface area contributed by atoms with Gasteiger partial charge in [0.2, 0.25) is 5.91 Å². The number of fused-ring (bicyclic) bond motifs is 1. The predicted octanol–water partition coefficient (Wildman–Crippen LogP) is 1.18. The first-order valence-electron chi connectivity index (χ1n) is 5.82. The molecular formula is C13H16N2O3. The van der Waals surface area contributed by atoms with Gasteiger partial charge in [-0.3, -0.25) is 9.59 Å². The summed E-state index contributed by atoms with van der Waals surface area (Å²) in [6.45, 7) is 0.143. The van der Waals surface area contributed by atoms with Crippen molar-refractivity contribution in [2.75, 3.05) is 30.9 Å². The lowest BCUT2D eigenvalue weighted by molar-refractivity contribution is -0.138. The number of carbonyl (C=O) groups is 2. The first kappa shape index (κ1) is 12.4. The Hall–Kier alpha value is -2.04. The Morgan fingerprint density at radius 1 is 1.44 bits per heavy atom. The Morgan fingerprint density at radius 2 is 2.22 bits per heavy atom. The van der Waals surface area contributed by atoms with Gasteiger partial charge in [0.25, 0.3) is 0 Å². The van der Waals surface area contributed by atoms with E-state index in [4.69, 9.17) is 0 Å². The molecular weight excluding hydrogens is 232 g/mol. The van der Waals surface area contributed by atoms with Crippen LogP contribution in [-0.2, 0) is 20.7 Å². The minimum Gasteiger partial charge on any atom is -0.468 e. The van der Waals surface area contributed by atoms with Crippen molar-refractivity contribution in [2.24, 2.45) is 0 Å². The molecule has 18 heavy (non-hydrogen) atoms. The van der Waals surface area contributed by atoms with Crippen LogP contribution in [0.1, 0.15) is 12.0 Å². The number of methoxy groups -OCH3 is 1. The fraction of sp³-hybridized carbons (Fsp3) is 0.385. The van der Waals surface area contributed by atoms with Crippen molar-refractivity contribution in [2.45, 2.75) is 12.8 Å². The van der Waals surface area contributed by atoms with E-state index in [1.807, 2.05) is 18.2 Å². The number of amides is 1. The number of hydrogen-bond donors (Lipinski definition) is 1. The number of hydrogen-bond acceptors (Lipinski definition) is 4. The largest absolute Gasteiger partial charge is 0.468 e. The number of benzene rings is 1. The van der Waals surface area contributed by atoms with Gasteiger partial charge in [0.15, 0.2) is 0 Å². The summed E-state index contributed by atoms with van der Waals surface area (Å²) in [5.41, 5.74) is 2.92. The zero-order valence-electron chi connectivity index (χ0n) is 10.5. The van der Waals surface area contributed by atoms with E-state index in [0.717, 1.165) is 23.4 Å². The minimum absolute atomic E-state index is 0.137. The lowest BCUT2D eigenvalue weighted by Gasteiger charge is -2.26. The molecule has 5 nitrogen and oxygen atoms in total. The average molecular weight is 248 g/mol. The Labute approximate surface area is 106 Å². The van der Waals surface area contributed by atoms with Crippen LogP contribution in [0.2, 0.25) is 0 Å². The second-order valence-electron chi connectivity index (χ2n) is 4.23. The summed E-state index contributed by atoms with van der Waals surface area (Å²) in [4.78, 5) is 24.2.